The Kier molecular flexibility index (Phi) is 9.80. The van der Waals surface area contributed by atoms with Gasteiger partial charge in [-0.05, 0) is 134 Å². The van der Waals surface area contributed by atoms with Gasteiger partial charge < -0.3 is 9.84 Å². The number of hydrogen-bond acceptors (Lipinski definition) is 3. The quantitative estimate of drug-likeness (QED) is 0.139. The molecule has 1 N–H and O–H groups in total. The Hall–Kier alpha value is -1.32. The lowest BCUT2D eigenvalue weighted by Gasteiger charge is -2.73. The van der Waals surface area contributed by atoms with Gasteiger partial charge in [0.15, 0.2) is 0 Å². The SMILES string of the molecule is C=C(C)[C@@H]1CC[C@]2(CCCCCC)CC[C@]3(C)[C@H](CC[C@@H]4[C@@]5(C)CC[C@H](OC(=O)CC(C)(C)CC(=O)O)C(C)(C)[C@@H]5CC[C@]43C)[C@@H]12. The lowest BCUT2D eigenvalue weighted by atomic mass is 9.32. The summed E-state index contributed by atoms with van der Waals surface area (Å²) in [7, 11) is 0. The van der Waals surface area contributed by atoms with Crippen LogP contribution in [0, 0.1) is 62.1 Å². The number of ether oxygens (including phenoxy) is 1. The van der Waals surface area contributed by atoms with Gasteiger partial charge in [-0.25, -0.2) is 0 Å². The van der Waals surface area contributed by atoms with Crippen molar-refractivity contribution in [1.29, 1.82) is 0 Å². The third-order valence-corrected chi connectivity index (χ3v) is 16.2. The van der Waals surface area contributed by atoms with E-state index in [0.717, 1.165) is 24.7 Å². The molecule has 5 rings (SSSR count). The van der Waals surface area contributed by atoms with E-state index >= 15 is 0 Å². The molecule has 0 bridgehead atoms. The first-order valence-electron chi connectivity index (χ1n) is 19.4. The molecule has 0 saturated heterocycles. The highest BCUT2D eigenvalue weighted by Crippen LogP contribution is 2.78. The smallest absolute Gasteiger partial charge is 0.306 e. The van der Waals surface area contributed by atoms with Gasteiger partial charge in [0.05, 0.1) is 12.8 Å². The van der Waals surface area contributed by atoms with Crippen molar-refractivity contribution < 1.29 is 19.4 Å². The predicted molar refractivity (Wildman–Crippen MR) is 188 cm³/mol. The second-order valence-corrected chi connectivity index (χ2v) is 19.6. The van der Waals surface area contributed by atoms with E-state index in [1.54, 1.807) is 0 Å². The second kappa shape index (κ2) is 12.5. The van der Waals surface area contributed by atoms with E-state index in [4.69, 9.17) is 4.74 Å². The maximum absolute atomic E-state index is 13.2. The molecule has 46 heavy (non-hydrogen) atoms. The Bertz CT molecular complexity index is 1170. The summed E-state index contributed by atoms with van der Waals surface area (Å²) in [6.45, 7) is 25.8. The minimum Gasteiger partial charge on any atom is -0.481 e. The lowest BCUT2D eigenvalue weighted by Crippen LogP contribution is -2.66. The third kappa shape index (κ3) is 5.84. The third-order valence-electron chi connectivity index (χ3n) is 16.2. The molecule has 5 aliphatic rings. The lowest BCUT2D eigenvalue weighted by molar-refractivity contribution is -0.250. The molecule has 0 aromatic heterocycles. The molecular formula is C42H70O4. The number of carbonyl (C=O) groups is 2. The summed E-state index contributed by atoms with van der Waals surface area (Å²) in [6.07, 6.45) is 19.8. The van der Waals surface area contributed by atoms with Gasteiger partial charge in [-0.3, -0.25) is 9.59 Å². The maximum Gasteiger partial charge on any atom is 0.306 e. The zero-order valence-corrected chi connectivity index (χ0v) is 31.4. The number of allylic oxidation sites excluding steroid dienone is 1. The van der Waals surface area contributed by atoms with Crippen molar-refractivity contribution in [2.24, 2.45) is 62.1 Å². The average Bonchev–Trinajstić information content (AvgIpc) is 3.32. The number of fused-ring (bicyclic) bond motifs is 7. The summed E-state index contributed by atoms with van der Waals surface area (Å²) in [6, 6.07) is 0. The largest absolute Gasteiger partial charge is 0.481 e. The Morgan fingerprint density at radius 3 is 2.20 bits per heavy atom. The van der Waals surface area contributed by atoms with Crippen LogP contribution >= 0.6 is 0 Å². The van der Waals surface area contributed by atoms with Crippen molar-refractivity contribution in [1.82, 2.24) is 0 Å². The zero-order chi connectivity index (χ0) is 33.9. The highest BCUT2D eigenvalue weighted by molar-refractivity contribution is 5.73. The molecule has 0 amide bonds. The molecule has 0 unspecified atom stereocenters. The Balaban J connectivity index is 1.37. The molecule has 4 heteroatoms. The van der Waals surface area contributed by atoms with Crippen LogP contribution in [0.15, 0.2) is 12.2 Å². The van der Waals surface area contributed by atoms with Crippen LogP contribution in [0.2, 0.25) is 0 Å². The highest BCUT2D eigenvalue weighted by atomic mass is 16.5. The van der Waals surface area contributed by atoms with Crippen molar-refractivity contribution in [3.8, 4) is 0 Å². The summed E-state index contributed by atoms with van der Waals surface area (Å²) in [5.74, 6) is 2.44. The topological polar surface area (TPSA) is 63.6 Å². The van der Waals surface area contributed by atoms with Crippen LogP contribution in [-0.2, 0) is 14.3 Å². The number of rotatable bonds is 11. The summed E-state index contributed by atoms with van der Waals surface area (Å²) in [5, 5.41) is 9.32. The average molecular weight is 639 g/mol. The molecule has 5 fully saturated rings. The van der Waals surface area contributed by atoms with E-state index < -0.39 is 11.4 Å². The molecule has 5 saturated carbocycles. The van der Waals surface area contributed by atoms with Crippen LogP contribution in [0.3, 0.4) is 0 Å². The minimum absolute atomic E-state index is 0.0230. The fourth-order valence-electron chi connectivity index (χ4n) is 13.9. The van der Waals surface area contributed by atoms with Crippen molar-refractivity contribution in [2.45, 2.75) is 178 Å². The normalized spacial score (nSPS) is 43.1. The minimum atomic E-state index is -0.862. The van der Waals surface area contributed by atoms with Crippen LogP contribution in [-0.4, -0.2) is 23.1 Å². The number of carbonyl (C=O) groups excluding carboxylic acids is 1. The van der Waals surface area contributed by atoms with Crippen LogP contribution in [0.4, 0.5) is 0 Å². The van der Waals surface area contributed by atoms with Gasteiger partial charge in [0, 0.05) is 5.41 Å². The number of aliphatic carboxylic acids is 1. The molecular weight excluding hydrogens is 568 g/mol. The first kappa shape index (κ1) is 36.0. The van der Waals surface area contributed by atoms with E-state index in [0.29, 0.717) is 34.0 Å². The Morgan fingerprint density at radius 1 is 0.826 bits per heavy atom. The van der Waals surface area contributed by atoms with Gasteiger partial charge >= 0.3 is 11.9 Å². The van der Waals surface area contributed by atoms with Crippen molar-refractivity contribution in [2.75, 3.05) is 0 Å². The zero-order valence-electron chi connectivity index (χ0n) is 31.4. The molecule has 5 aliphatic carbocycles. The van der Waals surface area contributed by atoms with Crippen molar-refractivity contribution in [3.05, 3.63) is 12.2 Å². The second-order valence-electron chi connectivity index (χ2n) is 19.6. The fourth-order valence-corrected chi connectivity index (χ4v) is 13.9. The van der Waals surface area contributed by atoms with Crippen molar-refractivity contribution >= 4 is 11.9 Å². The molecule has 0 radical (unpaired) electrons. The monoisotopic (exact) mass is 639 g/mol. The van der Waals surface area contributed by atoms with E-state index in [9.17, 15) is 14.7 Å². The molecule has 0 spiro atoms. The summed E-state index contributed by atoms with van der Waals surface area (Å²) in [4.78, 5) is 24.5. The van der Waals surface area contributed by atoms with Gasteiger partial charge in [-0.1, -0.05) is 93.2 Å². The summed E-state index contributed by atoms with van der Waals surface area (Å²) in [5.41, 5.74) is 2.22. The van der Waals surface area contributed by atoms with Gasteiger partial charge in [0.25, 0.3) is 0 Å². The number of unbranched alkanes of at least 4 members (excludes halogenated alkanes) is 3. The first-order chi connectivity index (χ1) is 21.4. The summed E-state index contributed by atoms with van der Waals surface area (Å²) >= 11 is 0. The van der Waals surface area contributed by atoms with Crippen LogP contribution in [0.25, 0.3) is 0 Å². The molecule has 0 heterocycles. The standard InChI is InChI=1S/C42H70O4/c1-11-12-13-14-20-42-23-17-29(28(2)3)36(42)30-15-16-32-39(8)21-19-33(46-35(45)27-37(4,5)26-34(43)44)38(6,7)31(39)18-22-41(32,10)40(30,9)24-25-42/h29-33,36H,2,11-27H2,1,3-10H3,(H,43,44)/t29-,30+,31-,32+,33-,36+,39-,40+,41+,42+/m0/s1. The van der Waals surface area contributed by atoms with Crippen LogP contribution in [0.5, 0.6) is 0 Å². The Labute approximate surface area is 282 Å². The molecule has 262 valence electrons. The van der Waals surface area contributed by atoms with E-state index in [1.807, 2.05) is 13.8 Å². The maximum atomic E-state index is 13.2. The molecule has 0 aromatic carbocycles. The number of carboxylic acids is 1. The molecule has 10 atom stereocenters. The van der Waals surface area contributed by atoms with E-state index in [2.05, 4.69) is 55.0 Å². The van der Waals surface area contributed by atoms with Gasteiger partial charge in [0.2, 0.25) is 0 Å². The number of esters is 1. The fraction of sp³-hybridized carbons (Fsp3) is 0.905. The molecule has 0 aromatic rings. The number of hydrogen-bond donors (Lipinski definition) is 1. The molecule has 4 nitrogen and oxygen atoms in total. The van der Waals surface area contributed by atoms with E-state index in [1.165, 1.54) is 89.0 Å². The summed E-state index contributed by atoms with van der Waals surface area (Å²) < 4.78 is 6.28. The highest BCUT2D eigenvalue weighted by Gasteiger charge is 2.71. The van der Waals surface area contributed by atoms with Crippen LogP contribution in [0.1, 0.15) is 171 Å². The van der Waals surface area contributed by atoms with Gasteiger partial charge in [0.1, 0.15) is 6.10 Å². The Morgan fingerprint density at radius 2 is 1.54 bits per heavy atom. The predicted octanol–water partition coefficient (Wildman–Crippen LogP) is 11.4. The van der Waals surface area contributed by atoms with E-state index in [-0.39, 0.29) is 35.7 Å². The van der Waals surface area contributed by atoms with Gasteiger partial charge in [-0.2, -0.15) is 0 Å². The number of carboxylic acid groups (broad SMARTS) is 1. The van der Waals surface area contributed by atoms with Gasteiger partial charge in [-0.15, -0.1) is 0 Å². The van der Waals surface area contributed by atoms with Crippen LogP contribution < -0.4 is 0 Å². The molecule has 0 aliphatic heterocycles. The first-order valence-corrected chi connectivity index (χ1v) is 19.4. The van der Waals surface area contributed by atoms with Crippen molar-refractivity contribution in [3.63, 3.8) is 0 Å².